The number of nitrogens with zero attached hydrogens (tertiary/aromatic N) is 4. The first kappa shape index (κ1) is 26.9. The minimum absolute atomic E-state index is 0.0681. The monoisotopic (exact) mass is 556 g/mol. The first-order valence-corrected chi connectivity index (χ1v) is 13.8. The molecule has 2 aromatic heterocycles. The van der Waals surface area contributed by atoms with Crippen molar-refractivity contribution in [3.63, 3.8) is 0 Å². The lowest BCUT2D eigenvalue weighted by atomic mass is 9.94. The minimum Gasteiger partial charge on any atom is -0.491 e. The first-order chi connectivity index (χ1) is 20.0. The molecule has 6 rings (SSSR count). The molecule has 0 spiro atoms. The van der Waals surface area contributed by atoms with Crippen LogP contribution in [0.5, 0.6) is 5.75 Å². The van der Waals surface area contributed by atoms with E-state index in [0.717, 1.165) is 46.8 Å². The molecule has 212 valence electrons. The van der Waals surface area contributed by atoms with E-state index in [2.05, 4.69) is 20.5 Å². The second-order valence-corrected chi connectivity index (χ2v) is 10.5. The molecule has 2 amide bonds. The number of anilines is 1. The molecule has 0 bridgehead atoms. The number of methoxy groups -OCH3 is 1. The number of rotatable bonds is 8. The topological polar surface area (TPSA) is 93.5 Å². The number of nitrogens with one attached hydrogen (secondary N) is 2. The van der Waals surface area contributed by atoms with E-state index in [-0.39, 0.29) is 23.8 Å². The molecule has 0 radical (unpaired) electrons. The molecule has 2 atom stereocenters. The maximum Gasteiger partial charge on any atom is 0.320 e. The van der Waals surface area contributed by atoms with Crippen molar-refractivity contribution in [1.82, 2.24) is 25.0 Å². The lowest BCUT2D eigenvalue weighted by molar-refractivity contribution is 0.159. The second kappa shape index (κ2) is 11.7. The van der Waals surface area contributed by atoms with E-state index in [1.165, 1.54) is 6.07 Å². The van der Waals surface area contributed by atoms with Crippen LogP contribution >= 0.6 is 0 Å². The van der Waals surface area contributed by atoms with Gasteiger partial charge in [0.15, 0.2) is 0 Å². The molecular weight excluding hydrogens is 523 g/mol. The van der Waals surface area contributed by atoms with Gasteiger partial charge in [0.2, 0.25) is 0 Å². The summed E-state index contributed by atoms with van der Waals surface area (Å²) in [4.78, 5) is 20.4. The van der Waals surface area contributed by atoms with Crippen LogP contribution in [-0.4, -0.2) is 71.7 Å². The summed E-state index contributed by atoms with van der Waals surface area (Å²) in [5.74, 6) is 0.969. The summed E-state index contributed by atoms with van der Waals surface area (Å²) in [5.41, 5.74) is 4.94. The molecule has 0 aliphatic carbocycles. The highest BCUT2D eigenvalue weighted by Crippen LogP contribution is 2.34. The van der Waals surface area contributed by atoms with Crippen molar-refractivity contribution in [2.45, 2.75) is 25.3 Å². The Labute approximate surface area is 238 Å². The Kier molecular flexibility index (Phi) is 7.67. The second-order valence-electron chi connectivity index (χ2n) is 10.5. The Hall–Kier alpha value is -4.28. The van der Waals surface area contributed by atoms with Gasteiger partial charge in [0.1, 0.15) is 17.4 Å². The average molecular weight is 557 g/mol. The number of hydrogen-bond acceptors (Lipinski definition) is 6. The van der Waals surface area contributed by atoms with Crippen molar-refractivity contribution >= 4 is 11.8 Å². The van der Waals surface area contributed by atoms with Gasteiger partial charge in [0, 0.05) is 56.4 Å². The number of carbonyl (C=O) groups excluding carboxylic acids is 1. The summed E-state index contributed by atoms with van der Waals surface area (Å²) >= 11 is 0. The van der Waals surface area contributed by atoms with E-state index in [9.17, 15) is 9.18 Å². The largest absolute Gasteiger partial charge is 0.491 e. The normalized spacial score (nSPS) is 18.2. The van der Waals surface area contributed by atoms with Crippen molar-refractivity contribution < 1.29 is 18.7 Å². The highest BCUT2D eigenvalue weighted by molar-refractivity contribution is 5.91. The Morgan fingerprint density at radius 3 is 2.80 bits per heavy atom. The zero-order valence-corrected chi connectivity index (χ0v) is 23.1. The van der Waals surface area contributed by atoms with Gasteiger partial charge in [-0.25, -0.2) is 13.9 Å². The van der Waals surface area contributed by atoms with Crippen LogP contribution in [0.1, 0.15) is 22.7 Å². The molecule has 2 aliphatic rings. The quantitative estimate of drug-likeness (QED) is 0.331. The summed E-state index contributed by atoms with van der Waals surface area (Å²) in [7, 11) is 1.67. The Morgan fingerprint density at radius 1 is 1.15 bits per heavy atom. The van der Waals surface area contributed by atoms with Gasteiger partial charge < -0.3 is 14.8 Å². The molecule has 1 fully saturated rings. The number of ether oxygens (including phenoxy) is 2. The van der Waals surface area contributed by atoms with Gasteiger partial charge in [0.05, 0.1) is 36.3 Å². The van der Waals surface area contributed by atoms with Crippen LogP contribution in [-0.2, 0) is 11.2 Å². The maximum atomic E-state index is 14.1. The summed E-state index contributed by atoms with van der Waals surface area (Å²) in [5, 5.41) is 11.1. The number of halogens is 1. The molecule has 2 aromatic carbocycles. The van der Waals surface area contributed by atoms with Gasteiger partial charge in [-0.3, -0.25) is 15.2 Å². The number of fused-ring (bicyclic) bond motifs is 1. The summed E-state index contributed by atoms with van der Waals surface area (Å²) in [6, 6.07) is 17.7. The molecule has 2 N–H and O–H groups in total. The number of carbonyl (C=O) groups is 1. The van der Waals surface area contributed by atoms with Crippen molar-refractivity contribution in [3.8, 4) is 22.7 Å². The molecule has 1 saturated heterocycles. The standard InChI is InChI=1S/C31H33FN6O3/c1-20-29(22-16-28-26(33-17-22)11-13-41-28)36-38(24-9-4-3-5-10-24)30(20)35-31(39)34-27-19-37(12-14-40-2)18-25(27)21-7-6-8-23(32)15-21/h3-10,15-17,25,27H,11-14,18-19H2,1-2H3,(H2,34,35,39)/t25-,27+/m0/s1. The van der Waals surface area contributed by atoms with E-state index in [1.54, 1.807) is 30.1 Å². The Balaban J connectivity index is 1.28. The van der Waals surface area contributed by atoms with Gasteiger partial charge in [-0.1, -0.05) is 30.3 Å². The highest BCUT2D eigenvalue weighted by atomic mass is 19.1. The van der Waals surface area contributed by atoms with E-state index in [4.69, 9.17) is 14.6 Å². The fourth-order valence-corrected chi connectivity index (χ4v) is 5.67. The van der Waals surface area contributed by atoms with E-state index in [1.807, 2.05) is 49.4 Å². The van der Waals surface area contributed by atoms with Crippen LogP contribution in [0.4, 0.5) is 15.0 Å². The van der Waals surface area contributed by atoms with Crippen LogP contribution in [0.25, 0.3) is 16.9 Å². The minimum atomic E-state index is -0.355. The van der Waals surface area contributed by atoms with Crippen LogP contribution < -0.4 is 15.4 Å². The lowest BCUT2D eigenvalue weighted by Gasteiger charge is -2.21. The SMILES string of the molecule is COCCN1C[C@@H](NC(=O)Nc2c(C)c(-c3cnc4c(c3)OCC4)nn2-c2ccccc2)[C@H](c2cccc(F)c2)C1. The van der Waals surface area contributed by atoms with Crippen molar-refractivity contribution in [3.05, 3.63) is 89.5 Å². The lowest BCUT2D eigenvalue weighted by Crippen LogP contribution is -2.42. The van der Waals surface area contributed by atoms with E-state index < -0.39 is 0 Å². The molecule has 0 unspecified atom stereocenters. The Bertz CT molecular complexity index is 1540. The van der Waals surface area contributed by atoms with Crippen molar-refractivity contribution in [2.75, 3.05) is 45.3 Å². The zero-order chi connectivity index (χ0) is 28.3. The summed E-state index contributed by atoms with van der Waals surface area (Å²) < 4.78 is 26.8. The predicted molar refractivity (Wildman–Crippen MR) is 154 cm³/mol. The van der Waals surface area contributed by atoms with E-state index >= 15 is 0 Å². The smallest absolute Gasteiger partial charge is 0.320 e. The number of amides is 2. The summed E-state index contributed by atoms with van der Waals surface area (Å²) in [6.07, 6.45) is 2.60. The van der Waals surface area contributed by atoms with E-state index in [0.29, 0.717) is 37.8 Å². The van der Waals surface area contributed by atoms with Crippen LogP contribution in [0, 0.1) is 12.7 Å². The molecule has 10 heteroatoms. The van der Waals surface area contributed by atoms with Gasteiger partial charge in [-0.05, 0) is 42.8 Å². The number of likely N-dealkylation sites (tertiary alicyclic amines) is 1. The number of urea groups is 1. The van der Waals surface area contributed by atoms with Crippen LogP contribution in [0.3, 0.4) is 0 Å². The fraction of sp³-hybridized carbons (Fsp3) is 0.323. The number of aromatic nitrogens is 3. The van der Waals surface area contributed by atoms with Gasteiger partial charge >= 0.3 is 6.03 Å². The zero-order valence-electron chi connectivity index (χ0n) is 23.1. The molecule has 2 aliphatic heterocycles. The number of para-hydroxylation sites is 1. The number of hydrogen-bond donors (Lipinski definition) is 2. The number of benzene rings is 2. The third-order valence-corrected chi connectivity index (χ3v) is 7.76. The molecule has 4 heterocycles. The predicted octanol–water partition coefficient (Wildman–Crippen LogP) is 4.55. The number of pyridine rings is 1. The third kappa shape index (κ3) is 5.66. The molecular formula is C31H33FN6O3. The third-order valence-electron chi connectivity index (χ3n) is 7.76. The van der Waals surface area contributed by atoms with Crippen molar-refractivity contribution in [1.29, 1.82) is 0 Å². The molecule has 0 saturated carbocycles. The highest BCUT2D eigenvalue weighted by Gasteiger charge is 2.35. The van der Waals surface area contributed by atoms with Gasteiger partial charge in [0.25, 0.3) is 0 Å². The molecule has 4 aromatic rings. The molecule has 41 heavy (non-hydrogen) atoms. The first-order valence-electron chi connectivity index (χ1n) is 13.8. The summed E-state index contributed by atoms with van der Waals surface area (Å²) in [6.45, 7) is 5.18. The van der Waals surface area contributed by atoms with Crippen LogP contribution in [0.2, 0.25) is 0 Å². The van der Waals surface area contributed by atoms with Gasteiger partial charge in [-0.15, -0.1) is 0 Å². The average Bonchev–Trinajstić information content (AvgIpc) is 3.70. The maximum absolute atomic E-state index is 14.1. The van der Waals surface area contributed by atoms with Crippen molar-refractivity contribution in [2.24, 2.45) is 0 Å². The Morgan fingerprint density at radius 2 is 2.00 bits per heavy atom. The van der Waals surface area contributed by atoms with Crippen LogP contribution in [0.15, 0.2) is 66.9 Å². The fourth-order valence-electron chi connectivity index (χ4n) is 5.67. The van der Waals surface area contributed by atoms with Gasteiger partial charge in [-0.2, -0.15) is 5.10 Å². The molecule has 9 nitrogen and oxygen atoms in total.